The van der Waals surface area contributed by atoms with Gasteiger partial charge < -0.3 is 9.80 Å². The van der Waals surface area contributed by atoms with E-state index in [4.69, 9.17) is 0 Å². The molecule has 1 aliphatic carbocycles. The van der Waals surface area contributed by atoms with Gasteiger partial charge in [-0.3, -0.25) is 0 Å². The third kappa shape index (κ3) is 5.58. The number of fused-ring (bicyclic) bond motifs is 6. The van der Waals surface area contributed by atoms with Gasteiger partial charge in [-0.15, -0.1) is 0 Å². The maximum absolute atomic E-state index is 2.54. The van der Waals surface area contributed by atoms with Crippen molar-refractivity contribution in [3.05, 3.63) is 161 Å². The molecule has 1 saturated carbocycles. The normalized spacial score (nSPS) is 21.9. The molecule has 0 spiro atoms. The highest BCUT2D eigenvalue weighted by Crippen LogP contribution is 2.52. The molecule has 2 nitrogen and oxygen atoms in total. The fourth-order valence-corrected chi connectivity index (χ4v) is 10.2. The number of hydrogen-bond acceptors (Lipinski definition) is 2. The molecule has 1 fully saturated rings. The minimum atomic E-state index is -0.107. The standard InChI is InChI=1S/C48H49N2S/c1-7-49-40-29-25-33-17-12-14-23-38(33)44(40)47(3,4)42(49)31-27-35-19-16-20-36(46(35)51-37-21-10-9-11-22-37)28-32-43-48(5,6)45-39-24-15-13-18-34(39)26-30-41(45)50(43)8-2/h9-15,17-18,21-32H,7-8,16,19-20H2,1-6H3/q+1/b35-27+,36-28+,42-31-,43-32?. The molecule has 51 heavy (non-hydrogen) atoms. The van der Waals surface area contributed by atoms with Gasteiger partial charge in [0.05, 0.1) is 0 Å². The van der Waals surface area contributed by atoms with Crippen molar-refractivity contribution in [2.24, 2.45) is 0 Å². The van der Waals surface area contributed by atoms with Crippen molar-refractivity contribution in [2.45, 2.75) is 76.5 Å². The van der Waals surface area contributed by atoms with Gasteiger partial charge in [0.1, 0.15) is 0 Å². The Morgan fingerprint density at radius 2 is 1.00 bits per heavy atom. The summed E-state index contributed by atoms with van der Waals surface area (Å²) in [4.78, 5) is 7.77. The van der Waals surface area contributed by atoms with Gasteiger partial charge in [-0.25, -0.2) is 0 Å². The summed E-state index contributed by atoms with van der Waals surface area (Å²) in [5, 5.41) is 5.36. The molecule has 2 heterocycles. The number of benzene rings is 5. The molecule has 0 saturated heterocycles. The summed E-state index contributed by atoms with van der Waals surface area (Å²) in [7, 11) is 0. The molecule has 0 radical (unpaired) electrons. The van der Waals surface area contributed by atoms with Gasteiger partial charge in [0, 0.05) is 70.0 Å². The second kappa shape index (κ2) is 13.1. The van der Waals surface area contributed by atoms with E-state index in [1.54, 1.807) is 0 Å². The fourth-order valence-electron chi connectivity index (χ4n) is 9.07. The van der Waals surface area contributed by atoms with Gasteiger partial charge in [-0.05, 0) is 90.1 Å². The van der Waals surface area contributed by atoms with E-state index in [2.05, 4.69) is 179 Å². The molecular weight excluding hydrogens is 637 g/mol. The molecule has 256 valence electrons. The van der Waals surface area contributed by atoms with E-state index in [0.29, 0.717) is 0 Å². The Morgan fingerprint density at radius 3 is 1.47 bits per heavy atom. The van der Waals surface area contributed by atoms with Gasteiger partial charge in [0.25, 0.3) is 0 Å². The van der Waals surface area contributed by atoms with Crippen LogP contribution in [0.2, 0.25) is 0 Å². The Labute approximate surface area is 308 Å². The first-order valence-electron chi connectivity index (χ1n) is 18.8. The van der Waals surface area contributed by atoms with E-state index in [1.807, 2.05) is 11.4 Å². The summed E-state index contributed by atoms with van der Waals surface area (Å²) in [6, 6.07) is 37.9. The quantitative estimate of drug-likeness (QED) is 0.103. The lowest BCUT2D eigenvalue weighted by molar-refractivity contribution is 0.638. The average molecular weight is 686 g/mol. The summed E-state index contributed by atoms with van der Waals surface area (Å²) in [6.07, 6.45) is 13.1. The SMILES string of the molecule is CCN1C(=C/C=C2\CCC/C(=C\C=C3/N(CC)c4ccc5ccccc5c4C3(C)C)C2=[S+]c2ccccc2)C(C)(C)c2c1ccc1ccccc21. The maximum Gasteiger partial charge on any atom is 0.237 e. The first kappa shape index (κ1) is 33.4. The molecule has 0 N–H and O–H groups in total. The Bertz CT molecular complexity index is 2170. The van der Waals surface area contributed by atoms with E-state index in [0.717, 1.165) is 32.4 Å². The average Bonchev–Trinajstić information content (AvgIpc) is 3.52. The number of hydrogen-bond donors (Lipinski definition) is 0. The summed E-state index contributed by atoms with van der Waals surface area (Å²) in [5.41, 5.74) is 11.0. The molecule has 5 aromatic rings. The molecule has 0 aromatic heterocycles. The number of anilines is 2. The molecule has 0 unspecified atom stereocenters. The third-order valence-corrected chi connectivity index (χ3v) is 12.7. The number of allylic oxidation sites excluding steroid dienone is 8. The second-order valence-corrected chi connectivity index (χ2v) is 16.3. The summed E-state index contributed by atoms with van der Waals surface area (Å²) in [5.74, 6) is 0. The summed E-state index contributed by atoms with van der Waals surface area (Å²) in [6.45, 7) is 16.1. The minimum Gasteiger partial charge on any atom is -0.344 e. The van der Waals surface area contributed by atoms with Gasteiger partial charge in [0.2, 0.25) is 21.1 Å². The third-order valence-electron chi connectivity index (χ3n) is 11.5. The van der Waals surface area contributed by atoms with Crippen LogP contribution < -0.4 is 9.80 Å². The predicted molar refractivity (Wildman–Crippen MR) is 223 cm³/mol. The van der Waals surface area contributed by atoms with Gasteiger partial charge in [-0.1, -0.05) is 119 Å². The van der Waals surface area contributed by atoms with Crippen molar-refractivity contribution in [2.75, 3.05) is 22.9 Å². The highest BCUT2D eigenvalue weighted by Gasteiger charge is 2.42. The summed E-state index contributed by atoms with van der Waals surface area (Å²) < 4.78 is 0. The molecule has 0 atom stereocenters. The Hall–Kier alpha value is -4.73. The van der Waals surface area contributed by atoms with E-state index in [1.165, 1.54) is 76.3 Å². The van der Waals surface area contributed by atoms with E-state index in [9.17, 15) is 0 Å². The zero-order chi connectivity index (χ0) is 35.3. The molecule has 3 aliphatic rings. The molecule has 3 heteroatoms. The van der Waals surface area contributed by atoms with Crippen LogP contribution in [0.4, 0.5) is 11.4 Å². The molecular formula is C48H49N2S+. The maximum atomic E-state index is 2.54. The first-order valence-corrected chi connectivity index (χ1v) is 19.6. The van der Waals surface area contributed by atoms with Crippen molar-refractivity contribution >= 4 is 49.1 Å². The zero-order valence-electron chi connectivity index (χ0n) is 31.0. The van der Waals surface area contributed by atoms with Crippen molar-refractivity contribution in [3.63, 3.8) is 0 Å². The van der Waals surface area contributed by atoms with E-state index in [-0.39, 0.29) is 10.8 Å². The van der Waals surface area contributed by atoms with Crippen molar-refractivity contribution in [1.82, 2.24) is 0 Å². The second-order valence-electron chi connectivity index (χ2n) is 15.2. The molecule has 0 amide bonds. The van der Waals surface area contributed by atoms with Crippen LogP contribution in [-0.4, -0.2) is 18.0 Å². The van der Waals surface area contributed by atoms with E-state index < -0.39 is 0 Å². The van der Waals surface area contributed by atoms with E-state index >= 15 is 0 Å². The largest absolute Gasteiger partial charge is 0.344 e. The van der Waals surface area contributed by atoms with Crippen LogP contribution in [0, 0.1) is 0 Å². The molecule has 5 aromatic carbocycles. The predicted octanol–water partition coefficient (Wildman–Crippen LogP) is 12.0. The van der Waals surface area contributed by atoms with Crippen LogP contribution in [0.5, 0.6) is 0 Å². The topological polar surface area (TPSA) is 6.48 Å². The Kier molecular flexibility index (Phi) is 8.59. The zero-order valence-corrected chi connectivity index (χ0v) is 31.8. The smallest absolute Gasteiger partial charge is 0.237 e. The highest BCUT2D eigenvalue weighted by atomic mass is 32.1. The van der Waals surface area contributed by atoms with Crippen LogP contribution in [0.25, 0.3) is 21.5 Å². The number of nitrogens with zero attached hydrogens (tertiary/aromatic N) is 2. The lowest BCUT2D eigenvalue weighted by Crippen LogP contribution is -2.26. The van der Waals surface area contributed by atoms with Gasteiger partial charge in [-0.2, -0.15) is 0 Å². The lowest BCUT2D eigenvalue weighted by atomic mass is 9.80. The van der Waals surface area contributed by atoms with Crippen LogP contribution in [-0.2, 0) is 22.2 Å². The van der Waals surface area contributed by atoms with Crippen molar-refractivity contribution in [1.29, 1.82) is 0 Å². The van der Waals surface area contributed by atoms with Crippen molar-refractivity contribution in [3.8, 4) is 0 Å². The Balaban J connectivity index is 1.23. The number of likely N-dealkylation sites (N-methyl/N-ethyl adjacent to an activating group) is 2. The summed E-state index contributed by atoms with van der Waals surface area (Å²) >= 11 is 1.93. The van der Waals surface area contributed by atoms with Crippen LogP contribution in [0.15, 0.2) is 155 Å². The lowest BCUT2D eigenvalue weighted by Gasteiger charge is -2.26. The number of rotatable bonds is 5. The van der Waals surface area contributed by atoms with Gasteiger partial charge in [0.15, 0.2) is 0 Å². The van der Waals surface area contributed by atoms with Gasteiger partial charge >= 0.3 is 0 Å². The van der Waals surface area contributed by atoms with Crippen LogP contribution in [0.3, 0.4) is 0 Å². The highest BCUT2D eigenvalue weighted by molar-refractivity contribution is 7.79. The van der Waals surface area contributed by atoms with Crippen LogP contribution in [0.1, 0.15) is 71.9 Å². The fraction of sp³-hybridized carbons (Fsp3) is 0.271. The molecule has 8 rings (SSSR count). The monoisotopic (exact) mass is 685 g/mol. The Morgan fingerprint density at radius 1 is 0.549 bits per heavy atom. The molecule has 2 aliphatic heterocycles. The molecule has 0 bridgehead atoms. The minimum absolute atomic E-state index is 0.107. The van der Waals surface area contributed by atoms with Crippen LogP contribution >= 0.6 is 0 Å². The first-order chi connectivity index (χ1) is 24.7. The van der Waals surface area contributed by atoms with Crippen molar-refractivity contribution < 1.29 is 0 Å².